The number of likely N-dealkylation sites (N-methyl/N-ethyl adjacent to an activating group) is 1. The average Bonchev–Trinajstić information content (AvgIpc) is 3.82. The van der Waals surface area contributed by atoms with E-state index in [1.807, 2.05) is 56.1 Å². The second-order valence-electron chi connectivity index (χ2n) is 15.8. The number of carbonyl (C=O) groups is 2. The number of nitrogens with two attached hydrogens (primary N) is 1. The Morgan fingerprint density at radius 3 is 2.66 bits per heavy atom. The van der Waals surface area contributed by atoms with Crippen molar-refractivity contribution in [2.24, 2.45) is 5.73 Å². The minimum absolute atomic E-state index is 0.0453. The third-order valence-electron chi connectivity index (χ3n) is 12.9. The SMILES string of the molecule is COc1c(C)cc2c(c1O)[C@@H]1[C@@H]3[C@@H]4SC[C@]5(N[C@H](CN)Cc6c5oc5ccccc65)C(=O)OC[C@@H](c5c6c(c(C)c(OC(C)=O)c54)OCO6)N3[C@@H](O)[C@H](C2)N1C. The first-order valence-corrected chi connectivity index (χ1v) is 20.0. The number of esters is 2. The fourth-order valence-electron chi connectivity index (χ4n) is 10.6. The van der Waals surface area contributed by atoms with Gasteiger partial charge < -0.3 is 44.0 Å². The van der Waals surface area contributed by atoms with Gasteiger partial charge in [0.25, 0.3) is 0 Å². The van der Waals surface area contributed by atoms with Crippen molar-refractivity contribution in [1.82, 2.24) is 15.1 Å². The summed E-state index contributed by atoms with van der Waals surface area (Å²) >= 11 is 1.47. The van der Waals surface area contributed by atoms with Crippen LogP contribution in [0.15, 0.2) is 34.7 Å². The van der Waals surface area contributed by atoms with Gasteiger partial charge in [-0.1, -0.05) is 24.3 Å². The lowest BCUT2D eigenvalue weighted by molar-refractivity contribution is -0.186. The molecule has 56 heavy (non-hydrogen) atoms. The standard InChI is InChI=1S/C41H44N4O10S/c1-17-10-20-11-24-39(48)45-25-14-51-40(49)41(38-23(12-21(13-42)43-41)22-8-6-7-9-26(22)55-38)15-56-37(31(45)30(44(24)4)27(20)32(47)33(17)50-5)29-28(25)36-35(52-16-53-36)18(2)34(29)54-19(3)46/h6-10,21,24-25,30-31,37,39,43,47-48H,11-16,42H2,1-5H3/t21-,24-,25-,30+,31+,37+,39-,41+/m0/s1. The molecule has 0 radical (unpaired) electrons. The molecule has 8 atom stereocenters. The smallest absolute Gasteiger partial charge is 0.335 e. The number of aliphatic hydroxyl groups excluding tert-OH is 1. The van der Waals surface area contributed by atoms with Gasteiger partial charge in [-0.2, -0.15) is 0 Å². The van der Waals surface area contributed by atoms with Crippen molar-refractivity contribution in [3.8, 4) is 28.7 Å². The fourth-order valence-corrected chi connectivity index (χ4v) is 12.2. The number of benzene rings is 3. The molecular weight excluding hydrogens is 741 g/mol. The van der Waals surface area contributed by atoms with Crippen LogP contribution < -0.4 is 30.0 Å². The molecule has 3 aromatic carbocycles. The number of nitrogens with one attached hydrogen (secondary N) is 1. The highest BCUT2D eigenvalue weighted by Crippen LogP contribution is 2.64. The van der Waals surface area contributed by atoms with Crippen molar-refractivity contribution in [2.75, 3.05) is 39.9 Å². The first-order valence-electron chi connectivity index (χ1n) is 19.0. The van der Waals surface area contributed by atoms with Gasteiger partial charge in [-0.3, -0.25) is 19.9 Å². The number of aryl methyl sites for hydroxylation is 1. The molecule has 2 fully saturated rings. The molecule has 0 saturated carbocycles. The number of piperazine rings is 1. The number of aromatic hydroxyl groups is 1. The van der Waals surface area contributed by atoms with E-state index in [0.29, 0.717) is 69.4 Å². The van der Waals surface area contributed by atoms with Crippen LogP contribution in [-0.2, 0) is 32.7 Å². The summed E-state index contributed by atoms with van der Waals surface area (Å²) < 4.78 is 37.2. The molecule has 15 heteroatoms. The molecule has 294 valence electrons. The van der Waals surface area contributed by atoms with Gasteiger partial charge >= 0.3 is 11.9 Å². The number of thioether (sulfide) groups is 1. The molecule has 1 spiro atoms. The Kier molecular flexibility index (Phi) is 8.17. The molecule has 4 aromatic rings. The molecular formula is C41H44N4O10S. The minimum atomic E-state index is -1.45. The molecule has 7 aliphatic heterocycles. The first kappa shape index (κ1) is 35.9. The summed E-state index contributed by atoms with van der Waals surface area (Å²) in [6.07, 6.45) is -0.0278. The number of methoxy groups -OCH3 is 1. The van der Waals surface area contributed by atoms with Crippen LogP contribution in [0, 0.1) is 13.8 Å². The number of nitrogens with zero attached hydrogens (tertiary/aromatic N) is 2. The maximum absolute atomic E-state index is 14.9. The molecule has 14 nitrogen and oxygen atoms in total. The van der Waals surface area contributed by atoms with Crippen LogP contribution in [-0.4, -0.2) is 96.2 Å². The highest BCUT2D eigenvalue weighted by atomic mass is 32.2. The zero-order valence-corrected chi connectivity index (χ0v) is 32.5. The number of aliphatic hydroxyl groups is 1. The van der Waals surface area contributed by atoms with Crippen LogP contribution in [0.25, 0.3) is 11.0 Å². The fraction of sp³-hybridized carbons (Fsp3) is 0.463. The predicted molar refractivity (Wildman–Crippen MR) is 204 cm³/mol. The van der Waals surface area contributed by atoms with Crippen LogP contribution in [0.3, 0.4) is 0 Å². The number of phenols is 1. The van der Waals surface area contributed by atoms with Crippen molar-refractivity contribution in [3.05, 3.63) is 75.0 Å². The molecule has 4 bridgehead atoms. The zero-order valence-electron chi connectivity index (χ0n) is 31.7. The van der Waals surface area contributed by atoms with E-state index in [0.717, 1.165) is 22.1 Å². The maximum atomic E-state index is 14.9. The lowest BCUT2D eigenvalue weighted by atomic mass is 9.73. The van der Waals surface area contributed by atoms with Gasteiger partial charge in [0, 0.05) is 64.5 Å². The third-order valence-corrected chi connectivity index (χ3v) is 14.3. The van der Waals surface area contributed by atoms with Crippen LogP contribution in [0.5, 0.6) is 28.7 Å². The van der Waals surface area contributed by atoms with E-state index in [9.17, 15) is 19.8 Å². The largest absolute Gasteiger partial charge is 0.504 e. The second kappa shape index (κ2) is 12.7. The van der Waals surface area contributed by atoms with Crippen LogP contribution in [0.4, 0.5) is 0 Å². The summed E-state index contributed by atoms with van der Waals surface area (Å²) in [4.78, 5) is 32.1. The third kappa shape index (κ3) is 4.75. The Labute approximate surface area is 327 Å². The summed E-state index contributed by atoms with van der Waals surface area (Å²) in [6, 6.07) is 7.27. The number of furan rings is 1. The zero-order chi connectivity index (χ0) is 38.9. The summed E-state index contributed by atoms with van der Waals surface area (Å²) in [5.74, 6) is 1.23. The topological polar surface area (TPSA) is 178 Å². The summed E-state index contributed by atoms with van der Waals surface area (Å²) in [5.41, 5.74) is 10.8. The number of para-hydroxylation sites is 1. The lowest BCUT2D eigenvalue weighted by Crippen LogP contribution is -2.70. The quantitative estimate of drug-likeness (QED) is 0.174. The van der Waals surface area contributed by atoms with Gasteiger partial charge in [0.1, 0.15) is 29.9 Å². The van der Waals surface area contributed by atoms with Crippen LogP contribution in [0.1, 0.15) is 69.0 Å². The van der Waals surface area contributed by atoms with Gasteiger partial charge in [-0.05, 0) is 50.9 Å². The van der Waals surface area contributed by atoms with E-state index in [-0.39, 0.29) is 43.5 Å². The molecule has 0 unspecified atom stereocenters. The summed E-state index contributed by atoms with van der Waals surface area (Å²) in [6.45, 7) is 5.11. The van der Waals surface area contributed by atoms with E-state index in [2.05, 4.69) is 10.2 Å². The number of phenolic OH excluding ortho intramolecular Hbond substituents is 1. The molecule has 8 heterocycles. The number of hydrogen-bond donors (Lipinski definition) is 4. The molecule has 1 aromatic heterocycles. The van der Waals surface area contributed by atoms with E-state index in [1.165, 1.54) is 18.7 Å². The van der Waals surface area contributed by atoms with Gasteiger partial charge in [0.05, 0.1) is 30.5 Å². The van der Waals surface area contributed by atoms with Crippen molar-refractivity contribution >= 4 is 34.7 Å². The number of carbonyl (C=O) groups excluding carboxylic acids is 2. The maximum Gasteiger partial charge on any atom is 0.335 e. The monoisotopic (exact) mass is 784 g/mol. The number of hydrogen-bond acceptors (Lipinski definition) is 15. The van der Waals surface area contributed by atoms with Gasteiger partial charge in [0.15, 0.2) is 28.5 Å². The summed E-state index contributed by atoms with van der Waals surface area (Å²) in [5, 5.41) is 28.6. The molecule has 11 rings (SSSR count). The number of fused-ring (bicyclic) bond motifs is 11. The molecule has 0 aliphatic carbocycles. The first-order chi connectivity index (χ1) is 27.0. The van der Waals surface area contributed by atoms with E-state index < -0.39 is 47.1 Å². The molecule has 5 N–H and O–H groups in total. The Balaban J connectivity index is 1.25. The van der Waals surface area contributed by atoms with Crippen LogP contribution >= 0.6 is 11.8 Å². The lowest BCUT2D eigenvalue weighted by Gasteiger charge is -2.62. The van der Waals surface area contributed by atoms with Crippen molar-refractivity contribution in [1.29, 1.82) is 0 Å². The molecule has 2 saturated heterocycles. The molecule has 7 aliphatic rings. The Bertz CT molecular complexity index is 2350. The van der Waals surface area contributed by atoms with Crippen molar-refractivity contribution < 1.29 is 47.9 Å². The number of rotatable bonds is 3. The Morgan fingerprint density at radius 2 is 1.89 bits per heavy atom. The van der Waals surface area contributed by atoms with Crippen molar-refractivity contribution in [2.45, 2.75) is 80.8 Å². The normalized spacial score (nSPS) is 30.3. The van der Waals surface area contributed by atoms with Crippen molar-refractivity contribution in [3.63, 3.8) is 0 Å². The van der Waals surface area contributed by atoms with Crippen LogP contribution in [0.2, 0.25) is 0 Å². The van der Waals surface area contributed by atoms with Gasteiger partial charge in [-0.25, -0.2) is 4.79 Å². The van der Waals surface area contributed by atoms with Gasteiger partial charge in [0.2, 0.25) is 6.79 Å². The second-order valence-corrected chi connectivity index (χ2v) is 16.9. The Morgan fingerprint density at radius 1 is 1.11 bits per heavy atom. The number of ether oxygens (including phenoxy) is 5. The predicted octanol–water partition coefficient (Wildman–Crippen LogP) is 3.77. The summed E-state index contributed by atoms with van der Waals surface area (Å²) in [7, 11) is 3.51. The van der Waals surface area contributed by atoms with E-state index in [1.54, 1.807) is 7.11 Å². The van der Waals surface area contributed by atoms with E-state index in [4.69, 9.17) is 33.8 Å². The average molecular weight is 785 g/mol. The van der Waals surface area contributed by atoms with E-state index >= 15 is 0 Å². The minimum Gasteiger partial charge on any atom is -0.504 e. The highest BCUT2D eigenvalue weighted by molar-refractivity contribution is 7.99. The molecule has 0 amide bonds. The Hall–Kier alpha value is -4.51. The van der Waals surface area contributed by atoms with Gasteiger partial charge in [-0.15, -0.1) is 11.8 Å². The highest BCUT2D eigenvalue weighted by Gasteiger charge is 2.62.